The first-order valence-corrected chi connectivity index (χ1v) is 7.33. The Morgan fingerprint density at radius 1 is 1.32 bits per heavy atom. The van der Waals surface area contributed by atoms with Gasteiger partial charge in [0.2, 0.25) is 0 Å². The summed E-state index contributed by atoms with van der Waals surface area (Å²) in [6.45, 7) is 0. The minimum absolute atomic E-state index is 0.132. The molecule has 0 unspecified atom stereocenters. The third kappa shape index (κ3) is 2.03. The number of hydrogen-bond donors (Lipinski definition) is 1. The zero-order valence-corrected chi connectivity index (χ0v) is 12.3. The highest BCUT2D eigenvalue weighted by Gasteiger charge is 2.27. The van der Waals surface area contributed by atoms with Gasteiger partial charge in [0.15, 0.2) is 11.5 Å². The molecule has 0 saturated heterocycles. The molecule has 1 aliphatic rings. The van der Waals surface area contributed by atoms with Crippen molar-refractivity contribution in [2.45, 2.75) is 18.8 Å². The van der Waals surface area contributed by atoms with Crippen molar-refractivity contribution in [3.8, 4) is 0 Å². The molecule has 4 rings (SSSR count). The molecule has 2 N–H and O–H groups in total. The summed E-state index contributed by atoms with van der Waals surface area (Å²) in [6.07, 6.45) is 3.78. The average molecular weight is 314 g/mol. The smallest absolute Gasteiger partial charge is 0.283 e. The number of carbonyl (C=O) groups excluding carboxylic acids is 1. The summed E-state index contributed by atoms with van der Waals surface area (Å²) in [6, 6.07) is 7.07. The third-order valence-electron chi connectivity index (χ3n) is 3.76. The molecule has 0 atom stereocenters. The number of pyridine rings is 2. The number of aromatic nitrogens is 4. The maximum atomic E-state index is 12.7. The highest BCUT2D eigenvalue weighted by atomic mass is 35.5. The summed E-state index contributed by atoms with van der Waals surface area (Å²) < 4.78 is 1.21. The Balaban J connectivity index is 1.89. The van der Waals surface area contributed by atoms with Gasteiger partial charge in [-0.15, -0.1) is 5.10 Å². The maximum absolute atomic E-state index is 12.7. The van der Waals surface area contributed by atoms with Crippen LogP contribution in [0.5, 0.6) is 0 Å². The van der Waals surface area contributed by atoms with E-state index in [0.717, 1.165) is 18.5 Å². The largest absolute Gasteiger partial charge is 0.382 e. The van der Waals surface area contributed by atoms with Crippen LogP contribution in [0.25, 0.3) is 11.0 Å². The quantitative estimate of drug-likeness (QED) is 0.735. The molecular weight excluding hydrogens is 302 g/mol. The molecule has 0 aliphatic heterocycles. The predicted octanol–water partition coefficient (Wildman–Crippen LogP) is 2.63. The van der Waals surface area contributed by atoms with Gasteiger partial charge in [-0.25, -0.2) is 9.97 Å². The molecule has 3 heterocycles. The van der Waals surface area contributed by atoms with E-state index in [0.29, 0.717) is 17.0 Å². The Bertz CT molecular complexity index is 900. The molecule has 110 valence electrons. The van der Waals surface area contributed by atoms with E-state index in [1.807, 2.05) is 12.1 Å². The van der Waals surface area contributed by atoms with Crippen LogP contribution in [0.3, 0.4) is 0 Å². The molecule has 0 spiro atoms. The number of nitrogens with two attached hydrogens (primary N) is 1. The Hall–Kier alpha value is -2.47. The van der Waals surface area contributed by atoms with E-state index in [4.69, 9.17) is 17.3 Å². The van der Waals surface area contributed by atoms with Crippen molar-refractivity contribution < 1.29 is 4.79 Å². The molecule has 3 aromatic heterocycles. The van der Waals surface area contributed by atoms with Crippen molar-refractivity contribution in [3.05, 3.63) is 46.9 Å². The van der Waals surface area contributed by atoms with Gasteiger partial charge in [0.05, 0.1) is 10.9 Å². The van der Waals surface area contributed by atoms with Crippen molar-refractivity contribution >= 4 is 34.4 Å². The first-order chi connectivity index (χ1) is 10.6. The molecule has 1 fully saturated rings. The fraction of sp³-hybridized carbons (Fsp3) is 0.200. The summed E-state index contributed by atoms with van der Waals surface area (Å²) in [5.74, 6) is 0.365. The first-order valence-electron chi connectivity index (χ1n) is 6.95. The molecule has 1 saturated carbocycles. The second kappa shape index (κ2) is 4.78. The monoisotopic (exact) mass is 313 g/mol. The molecule has 22 heavy (non-hydrogen) atoms. The van der Waals surface area contributed by atoms with Crippen LogP contribution < -0.4 is 5.73 Å². The lowest BCUT2D eigenvalue weighted by Gasteiger charge is -2.04. The average Bonchev–Trinajstić information content (AvgIpc) is 3.32. The number of hydrogen-bond acceptors (Lipinski definition) is 5. The van der Waals surface area contributed by atoms with Crippen molar-refractivity contribution in [1.82, 2.24) is 19.7 Å². The lowest BCUT2D eigenvalue weighted by molar-refractivity contribution is 0.0950. The van der Waals surface area contributed by atoms with E-state index < -0.39 is 0 Å². The highest BCUT2D eigenvalue weighted by molar-refractivity contribution is 6.32. The summed E-state index contributed by atoms with van der Waals surface area (Å²) in [4.78, 5) is 21.2. The molecule has 6 nitrogen and oxygen atoms in total. The Morgan fingerprint density at radius 3 is 2.86 bits per heavy atom. The van der Waals surface area contributed by atoms with Gasteiger partial charge in [-0.3, -0.25) is 4.79 Å². The van der Waals surface area contributed by atoms with E-state index >= 15 is 0 Å². The molecule has 0 radical (unpaired) electrons. The maximum Gasteiger partial charge on any atom is 0.283 e. The van der Waals surface area contributed by atoms with Crippen molar-refractivity contribution in [2.75, 3.05) is 5.73 Å². The zero-order valence-electron chi connectivity index (χ0n) is 11.5. The topological polar surface area (TPSA) is 86.7 Å². The van der Waals surface area contributed by atoms with Gasteiger partial charge < -0.3 is 5.73 Å². The summed E-state index contributed by atoms with van der Waals surface area (Å²) >= 11 is 5.99. The van der Waals surface area contributed by atoms with E-state index in [1.54, 1.807) is 12.1 Å². The van der Waals surface area contributed by atoms with Gasteiger partial charge in [-0.05, 0) is 37.1 Å². The van der Waals surface area contributed by atoms with Crippen LogP contribution in [-0.2, 0) is 0 Å². The highest BCUT2D eigenvalue weighted by Crippen LogP contribution is 2.39. The van der Waals surface area contributed by atoms with E-state index in [9.17, 15) is 4.79 Å². The van der Waals surface area contributed by atoms with Crippen molar-refractivity contribution in [1.29, 1.82) is 0 Å². The first kappa shape index (κ1) is 13.2. The number of carbonyl (C=O) groups is 1. The van der Waals surface area contributed by atoms with Gasteiger partial charge in [-0.1, -0.05) is 11.6 Å². The number of fused-ring (bicyclic) bond motifs is 1. The van der Waals surface area contributed by atoms with E-state index in [2.05, 4.69) is 15.1 Å². The van der Waals surface area contributed by atoms with Crippen LogP contribution in [-0.4, -0.2) is 25.7 Å². The number of rotatable bonds is 2. The Labute approximate surface area is 130 Å². The van der Waals surface area contributed by atoms with Crippen molar-refractivity contribution in [3.63, 3.8) is 0 Å². The van der Waals surface area contributed by atoms with Crippen LogP contribution >= 0.6 is 11.6 Å². The van der Waals surface area contributed by atoms with Crippen LogP contribution in [0.2, 0.25) is 5.15 Å². The lowest BCUT2D eigenvalue weighted by atomic mass is 10.2. The van der Waals surface area contributed by atoms with Crippen LogP contribution in [0, 0.1) is 0 Å². The van der Waals surface area contributed by atoms with Crippen LogP contribution in [0.15, 0.2) is 30.5 Å². The third-order valence-corrected chi connectivity index (χ3v) is 4.06. The lowest BCUT2D eigenvalue weighted by Crippen LogP contribution is -2.15. The van der Waals surface area contributed by atoms with Gasteiger partial charge in [0.25, 0.3) is 5.91 Å². The summed E-state index contributed by atoms with van der Waals surface area (Å²) in [7, 11) is 0. The van der Waals surface area contributed by atoms with Gasteiger partial charge in [0.1, 0.15) is 5.15 Å². The molecule has 3 aromatic rings. The minimum Gasteiger partial charge on any atom is -0.382 e. The predicted molar refractivity (Wildman–Crippen MR) is 82.9 cm³/mol. The molecule has 0 bridgehead atoms. The standard InChI is InChI=1S/C15H12ClN5O/c16-12-9(2-1-7-18-12)15(22)21-14-10(13(17)20-21)5-6-11(19-14)8-3-4-8/h1-2,5-8H,3-4H2,(H2,17,20). The second-order valence-corrected chi connectivity index (χ2v) is 5.68. The summed E-state index contributed by atoms with van der Waals surface area (Å²) in [5, 5.41) is 4.92. The molecule has 1 aliphatic carbocycles. The minimum atomic E-state index is -0.389. The van der Waals surface area contributed by atoms with Crippen LogP contribution in [0.1, 0.15) is 34.8 Å². The van der Waals surface area contributed by atoms with Gasteiger partial charge in [-0.2, -0.15) is 4.68 Å². The zero-order chi connectivity index (χ0) is 15.3. The number of halogens is 1. The normalized spacial score (nSPS) is 14.4. The Kier molecular flexibility index (Phi) is 2.87. The van der Waals surface area contributed by atoms with Crippen molar-refractivity contribution in [2.24, 2.45) is 0 Å². The van der Waals surface area contributed by atoms with Gasteiger partial charge in [0, 0.05) is 17.8 Å². The number of anilines is 1. The van der Waals surface area contributed by atoms with E-state index in [-0.39, 0.29) is 22.4 Å². The summed E-state index contributed by atoms with van der Waals surface area (Å²) in [5.41, 5.74) is 7.61. The molecule has 0 aromatic carbocycles. The van der Waals surface area contributed by atoms with E-state index in [1.165, 1.54) is 10.9 Å². The second-order valence-electron chi connectivity index (χ2n) is 5.33. The molecule has 0 amide bonds. The SMILES string of the molecule is Nc1nn(C(=O)c2cccnc2Cl)c2nc(C3CC3)ccc12. The fourth-order valence-electron chi connectivity index (χ4n) is 2.44. The van der Waals surface area contributed by atoms with Gasteiger partial charge >= 0.3 is 0 Å². The Morgan fingerprint density at radius 2 is 2.14 bits per heavy atom. The number of nitrogen functional groups attached to an aromatic ring is 1. The molecular formula is C15H12ClN5O. The van der Waals surface area contributed by atoms with Crippen LogP contribution in [0.4, 0.5) is 5.82 Å². The number of nitrogens with zero attached hydrogens (tertiary/aromatic N) is 4. The molecule has 7 heteroatoms. The fourth-order valence-corrected chi connectivity index (χ4v) is 2.64.